The van der Waals surface area contributed by atoms with Crippen molar-refractivity contribution in [2.24, 2.45) is 0 Å². The molecule has 0 aliphatic carbocycles. The molecule has 57 heavy (non-hydrogen) atoms. The fraction of sp³-hybridized carbons (Fsp3) is 0.0204. The van der Waals surface area contributed by atoms with Gasteiger partial charge < -0.3 is 9.80 Å². The van der Waals surface area contributed by atoms with Crippen molar-refractivity contribution in [1.82, 2.24) is 30.0 Å². The van der Waals surface area contributed by atoms with Crippen LogP contribution in [0.25, 0.3) is 39.6 Å². The predicted octanol–water partition coefficient (Wildman–Crippen LogP) is 12.1. The summed E-state index contributed by atoms with van der Waals surface area (Å²) in [7, 11) is 0. The Bertz CT molecular complexity index is 2790. The van der Waals surface area contributed by atoms with Crippen molar-refractivity contribution < 1.29 is 0 Å². The fourth-order valence-corrected chi connectivity index (χ4v) is 6.96. The number of aryl methyl sites for hydroxylation is 1. The number of nitrogens with zero attached hydrogens (tertiary/aromatic N) is 8. The van der Waals surface area contributed by atoms with Gasteiger partial charge in [0.1, 0.15) is 16.7 Å². The van der Waals surface area contributed by atoms with E-state index in [2.05, 4.69) is 138 Å². The van der Waals surface area contributed by atoms with Crippen molar-refractivity contribution in [2.75, 3.05) is 9.80 Å². The summed E-state index contributed by atoms with van der Waals surface area (Å²) in [5.41, 5.74) is 13.5. The maximum absolute atomic E-state index is 4.73. The van der Waals surface area contributed by atoms with E-state index in [1.54, 1.807) is 15.7 Å². The smallest absolute Gasteiger partial charge is 0.113 e. The van der Waals surface area contributed by atoms with Crippen LogP contribution >= 0.6 is 0 Å². The van der Waals surface area contributed by atoms with Gasteiger partial charge in [0.05, 0.1) is 17.1 Å². The maximum atomic E-state index is 4.73. The summed E-state index contributed by atoms with van der Waals surface area (Å²) in [6.45, 7) is 5.73. The highest BCUT2D eigenvalue weighted by atomic mass is 15.5. The monoisotopic (exact) mass is 738 g/mol. The first kappa shape index (κ1) is 34.9. The second-order valence-electron chi connectivity index (χ2n) is 13.5. The molecule has 0 bridgehead atoms. The molecular weight excluding hydrogens is 701 g/mol. The van der Waals surface area contributed by atoms with E-state index >= 15 is 0 Å². The Morgan fingerprint density at radius 1 is 0.439 bits per heavy atom. The number of aromatic nitrogens is 6. The third kappa shape index (κ3) is 7.23. The van der Waals surface area contributed by atoms with Gasteiger partial charge >= 0.3 is 0 Å². The molecule has 9 aromatic rings. The second-order valence-corrected chi connectivity index (χ2v) is 13.5. The van der Waals surface area contributed by atoms with E-state index in [-0.39, 0.29) is 0 Å². The van der Waals surface area contributed by atoms with Gasteiger partial charge in [0.2, 0.25) is 0 Å². The molecule has 0 amide bonds. The Labute approximate surface area is 331 Å². The Balaban J connectivity index is 1.02. The molecule has 8 heteroatoms. The lowest BCUT2D eigenvalue weighted by atomic mass is 10.0. The average Bonchev–Trinajstić information content (AvgIpc) is 3.88. The number of para-hydroxylation sites is 2. The summed E-state index contributed by atoms with van der Waals surface area (Å²) >= 11 is 0. The van der Waals surface area contributed by atoms with Gasteiger partial charge in [-0.2, -0.15) is 14.7 Å². The number of allylic oxidation sites excluding steroid dienone is 2. The van der Waals surface area contributed by atoms with Gasteiger partial charge in [-0.25, -0.2) is 0 Å². The molecule has 9 rings (SSSR count). The summed E-state index contributed by atoms with van der Waals surface area (Å²) in [6.07, 6.45) is 5.53. The normalized spacial score (nSPS) is 11.2. The SMILES string of the molecule is C=C/C=C\c1nn(-c2cccc(N(c3ccccc3)c3ccc(-c4ccc(N(c5ccccc5)c5cccc(-n6nc7ccccc7n6)c5)cc4)cc3)c2)nc1C. The molecule has 0 saturated heterocycles. The average molecular weight is 739 g/mol. The van der Waals surface area contributed by atoms with Crippen LogP contribution < -0.4 is 9.80 Å². The van der Waals surface area contributed by atoms with Crippen molar-refractivity contribution in [3.63, 3.8) is 0 Å². The van der Waals surface area contributed by atoms with Crippen molar-refractivity contribution in [3.05, 3.63) is 212 Å². The Kier molecular flexibility index (Phi) is 9.48. The molecule has 0 spiro atoms. The minimum atomic E-state index is 0.808. The van der Waals surface area contributed by atoms with E-state index in [1.807, 2.05) is 79.7 Å². The Hall–Kier alpha value is -7.84. The minimum absolute atomic E-state index is 0.808. The summed E-state index contributed by atoms with van der Waals surface area (Å²) in [6, 6.07) is 62.8. The number of hydrogen-bond acceptors (Lipinski definition) is 6. The molecule has 2 aromatic heterocycles. The van der Waals surface area contributed by atoms with E-state index in [9.17, 15) is 0 Å². The zero-order valence-electron chi connectivity index (χ0n) is 31.3. The molecule has 8 nitrogen and oxygen atoms in total. The van der Waals surface area contributed by atoms with Gasteiger partial charge in [0, 0.05) is 34.1 Å². The third-order valence-electron chi connectivity index (χ3n) is 9.75. The molecule has 0 saturated carbocycles. The van der Waals surface area contributed by atoms with Crippen LogP contribution in [0.3, 0.4) is 0 Å². The Morgan fingerprint density at radius 2 is 0.860 bits per heavy atom. The molecule has 0 aliphatic rings. The lowest BCUT2D eigenvalue weighted by molar-refractivity contribution is 0.744. The van der Waals surface area contributed by atoms with Gasteiger partial charge in [0.15, 0.2) is 0 Å². The van der Waals surface area contributed by atoms with E-state index in [1.165, 1.54) is 0 Å². The van der Waals surface area contributed by atoms with Crippen LogP contribution in [-0.2, 0) is 0 Å². The summed E-state index contributed by atoms with van der Waals surface area (Å²) in [5, 5.41) is 18.9. The van der Waals surface area contributed by atoms with Crippen LogP contribution in [0.1, 0.15) is 11.4 Å². The first-order valence-corrected chi connectivity index (χ1v) is 18.8. The highest BCUT2D eigenvalue weighted by molar-refractivity contribution is 5.82. The summed E-state index contributed by atoms with van der Waals surface area (Å²) < 4.78 is 0. The van der Waals surface area contributed by atoms with E-state index < -0.39 is 0 Å². The maximum Gasteiger partial charge on any atom is 0.113 e. The number of rotatable bonds is 11. The zero-order valence-corrected chi connectivity index (χ0v) is 31.3. The van der Waals surface area contributed by atoms with Gasteiger partial charge in [0.25, 0.3) is 0 Å². The standard InChI is InChI=1S/C49H38N8/c1-3-4-23-47-36(2)50-56(51-47)45-21-13-19-43(34-45)54(39-15-7-5-8-16-39)41-30-26-37(27-31-41)38-28-32-42(33-29-38)55(40-17-9-6-10-18-40)44-20-14-22-46(35-44)57-52-48-24-11-12-25-49(48)53-57/h3-35H,1H2,2H3/b23-4-. The van der Waals surface area contributed by atoms with Gasteiger partial charge in [-0.15, -0.1) is 15.3 Å². The third-order valence-corrected chi connectivity index (χ3v) is 9.75. The van der Waals surface area contributed by atoms with Crippen molar-refractivity contribution in [2.45, 2.75) is 6.92 Å². The molecule has 7 aromatic carbocycles. The molecular formula is C49H38N8. The van der Waals surface area contributed by atoms with E-state index in [0.717, 1.165) is 79.0 Å². The van der Waals surface area contributed by atoms with Crippen molar-refractivity contribution >= 4 is 51.2 Å². The summed E-state index contributed by atoms with van der Waals surface area (Å²) in [5.74, 6) is 0. The largest absolute Gasteiger partial charge is 0.310 e. The fourth-order valence-electron chi connectivity index (χ4n) is 6.96. The molecule has 0 aliphatic heterocycles. The van der Waals surface area contributed by atoms with Crippen molar-refractivity contribution in [1.29, 1.82) is 0 Å². The molecule has 0 N–H and O–H groups in total. The van der Waals surface area contributed by atoms with E-state index in [4.69, 9.17) is 20.4 Å². The molecule has 0 radical (unpaired) electrons. The van der Waals surface area contributed by atoms with Crippen LogP contribution in [0.2, 0.25) is 0 Å². The number of fused-ring (bicyclic) bond motifs is 1. The van der Waals surface area contributed by atoms with Crippen LogP contribution in [-0.4, -0.2) is 30.0 Å². The molecule has 0 unspecified atom stereocenters. The predicted molar refractivity (Wildman–Crippen MR) is 233 cm³/mol. The first-order chi connectivity index (χ1) is 28.1. The molecule has 2 heterocycles. The molecule has 0 atom stereocenters. The Morgan fingerprint density at radius 3 is 1.33 bits per heavy atom. The minimum Gasteiger partial charge on any atom is -0.310 e. The highest BCUT2D eigenvalue weighted by Crippen LogP contribution is 2.38. The second kappa shape index (κ2) is 15.5. The topological polar surface area (TPSA) is 67.9 Å². The number of benzene rings is 7. The lowest BCUT2D eigenvalue weighted by Gasteiger charge is -2.26. The number of anilines is 6. The quantitative estimate of drug-likeness (QED) is 0.123. The van der Waals surface area contributed by atoms with Crippen LogP contribution in [0.4, 0.5) is 34.1 Å². The highest BCUT2D eigenvalue weighted by Gasteiger charge is 2.17. The van der Waals surface area contributed by atoms with Crippen LogP contribution in [0, 0.1) is 6.92 Å². The summed E-state index contributed by atoms with van der Waals surface area (Å²) in [4.78, 5) is 7.89. The van der Waals surface area contributed by atoms with Crippen LogP contribution in [0.15, 0.2) is 201 Å². The lowest BCUT2D eigenvalue weighted by Crippen LogP contribution is -2.11. The van der Waals surface area contributed by atoms with Gasteiger partial charge in [-0.3, -0.25) is 0 Å². The number of hydrogen-bond donors (Lipinski definition) is 0. The van der Waals surface area contributed by atoms with Gasteiger partial charge in [-0.05, 0) is 121 Å². The van der Waals surface area contributed by atoms with E-state index in [0.29, 0.717) is 0 Å². The molecule has 274 valence electrons. The van der Waals surface area contributed by atoms with Crippen LogP contribution in [0.5, 0.6) is 0 Å². The first-order valence-electron chi connectivity index (χ1n) is 18.8. The van der Waals surface area contributed by atoms with Crippen molar-refractivity contribution in [3.8, 4) is 22.5 Å². The van der Waals surface area contributed by atoms with Gasteiger partial charge in [-0.1, -0.05) is 104 Å². The zero-order chi connectivity index (χ0) is 38.6. The molecule has 0 fully saturated rings.